The van der Waals surface area contributed by atoms with Crippen LogP contribution in [0.2, 0.25) is 39.3 Å². The summed E-state index contributed by atoms with van der Waals surface area (Å²) in [6.45, 7) is 24.1. The van der Waals surface area contributed by atoms with E-state index in [0.29, 0.717) is 83.6 Å². The zero-order valence-electron chi connectivity index (χ0n) is 57.7. The van der Waals surface area contributed by atoms with Crippen molar-refractivity contribution in [2.75, 3.05) is 95.2 Å². The number of halogens is 5. The van der Waals surface area contributed by atoms with Crippen LogP contribution in [-0.4, -0.2) is 159 Å². The van der Waals surface area contributed by atoms with Gasteiger partial charge < -0.3 is 59.2 Å². The fourth-order valence-electron chi connectivity index (χ4n) is 14.2. The van der Waals surface area contributed by atoms with Crippen LogP contribution in [0.25, 0.3) is 22.1 Å². The summed E-state index contributed by atoms with van der Waals surface area (Å²) in [4.78, 5) is 25.9. The second-order valence-corrected chi connectivity index (χ2v) is 42.5. The van der Waals surface area contributed by atoms with E-state index in [1.807, 2.05) is 79.4 Å². The fraction of sp³-hybridized carbons (Fsp3) is 0.474. The Bertz CT molecular complexity index is 4230. The van der Waals surface area contributed by atoms with Crippen LogP contribution in [0.15, 0.2) is 146 Å². The van der Waals surface area contributed by atoms with Crippen LogP contribution in [0.3, 0.4) is 0 Å². The predicted molar refractivity (Wildman–Crippen MR) is 420 cm³/mol. The van der Waals surface area contributed by atoms with Gasteiger partial charge in [0.2, 0.25) is 0 Å². The Balaban J connectivity index is 0.000000112. The smallest absolute Gasteiger partial charge is 0.141 e. The molecule has 6 saturated heterocycles. The Morgan fingerprint density at radius 1 is 0.446 bits per heavy atom. The molecule has 8 aromatic heterocycles. The maximum atomic E-state index is 5.59. The number of nitrogens with zero attached hydrogens (tertiary/aromatic N) is 8. The van der Waals surface area contributed by atoms with E-state index in [1.165, 1.54) is 10.8 Å². The molecule has 20 rings (SSSR count). The quantitative estimate of drug-likeness (QED) is 0.0634. The zero-order valence-corrected chi connectivity index (χ0v) is 66.8. The Kier molecular flexibility index (Phi) is 24.7. The molecule has 0 radical (unpaired) electrons. The lowest BCUT2D eigenvalue weighted by Crippen LogP contribution is -2.17. The van der Waals surface area contributed by atoms with E-state index >= 15 is 0 Å². The fourth-order valence-corrected chi connectivity index (χ4v) is 16.1. The van der Waals surface area contributed by atoms with Crippen molar-refractivity contribution in [3.05, 3.63) is 158 Å². The maximum Gasteiger partial charge on any atom is 0.141 e. The minimum atomic E-state index is -1.35. The van der Waals surface area contributed by atoms with E-state index in [9.17, 15) is 0 Å². The molecule has 6 unspecified atom stereocenters. The highest BCUT2D eigenvalue weighted by Crippen LogP contribution is 2.57. The molecule has 25 heteroatoms. The van der Waals surface area contributed by atoms with Gasteiger partial charge in [0.05, 0.1) is 99.4 Å². The molecule has 8 aromatic rings. The number of hydrogen-bond acceptors (Lipinski definition) is 16. The lowest BCUT2D eigenvalue weighted by Gasteiger charge is -2.10. The molecular formula is C76H89Br4ClN12O6Si2. The summed E-state index contributed by atoms with van der Waals surface area (Å²) in [7, 11) is -2.45. The molecule has 6 saturated carbocycles. The van der Waals surface area contributed by atoms with Crippen LogP contribution in [0.5, 0.6) is 0 Å². The van der Waals surface area contributed by atoms with Gasteiger partial charge in [-0.15, -0.1) is 36.3 Å². The summed E-state index contributed by atoms with van der Waals surface area (Å²) in [6, 6.07) is 29.2. The number of hydrogen-bond donors (Lipinski definition) is 4. The van der Waals surface area contributed by atoms with Crippen molar-refractivity contribution in [3.63, 3.8) is 0 Å². The number of anilines is 3. The second-order valence-electron chi connectivity index (χ2n) is 29.6. The van der Waals surface area contributed by atoms with Crippen LogP contribution >= 0.6 is 76.1 Å². The Morgan fingerprint density at radius 3 is 1.29 bits per heavy atom. The van der Waals surface area contributed by atoms with Crippen LogP contribution in [0.1, 0.15) is 23.2 Å². The molecule has 0 spiro atoms. The summed E-state index contributed by atoms with van der Waals surface area (Å²) < 4.78 is 40.7. The molecule has 101 heavy (non-hydrogen) atoms. The number of rotatable bonds is 8. The molecule has 18 atom stereocenters. The predicted octanol–water partition coefficient (Wildman–Crippen LogP) is 14.0. The molecule has 0 aromatic carbocycles. The first-order valence-corrected chi connectivity index (χ1v) is 44.8. The Hall–Kier alpha value is -5.58. The minimum absolute atomic E-state index is 0. The van der Waals surface area contributed by atoms with E-state index < -0.39 is 16.1 Å². The monoisotopic (exact) mass is 1670 g/mol. The van der Waals surface area contributed by atoms with Gasteiger partial charge in [-0.05, 0) is 143 Å². The van der Waals surface area contributed by atoms with Gasteiger partial charge in [0.1, 0.15) is 49.5 Å². The molecule has 12 fully saturated rings. The Morgan fingerprint density at radius 2 is 0.842 bits per heavy atom. The number of nitrogens with two attached hydrogens (primary N) is 1. The van der Waals surface area contributed by atoms with E-state index in [1.54, 1.807) is 12.4 Å². The van der Waals surface area contributed by atoms with Crippen molar-refractivity contribution < 1.29 is 28.4 Å². The van der Waals surface area contributed by atoms with Gasteiger partial charge in [0.25, 0.3) is 0 Å². The van der Waals surface area contributed by atoms with E-state index in [-0.39, 0.29) is 12.4 Å². The van der Waals surface area contributed by atoms with Gasteiger partial charge in [0.15, 0.2) is 0 Å². The number of fused-ring (bicyclic) bond motifs is 8. The number of pyridine rings is 6. The Labute approximate surface area is 635 Å². The van der Waals surface area contributed by atoms with Crippen molar-refractivity contribution in [1.82, 2.24) is 39.0 Å². The molecule has 18 nitrogen and oxygen atoms in total. The highest BCUT2D eigenvalue weighted by Gasteiger charge is 2.58. The summed E-state index contributed by atoms with van der Waals surface area (Å²) in [5.41, 5.74) is 15.8. The normalized spacial score (nSPS) is 30.0. The van der Waals surface area contributed by atoms with Gasteiger partial charge in [-0.2, -0.15) is 0 Å². The lowest BCUT2D eigenvalue weighted by molar-refractivity contribution is 0.152. The van der Waals surface area contributed by atoms with Gasteiger partial charge in [-0.1, -0.05) is 51.1 Å². The van der Waals surface area contributed by atoms with Gasteiger partial charge >= 0.3 is 0 Å². The topological polar surface area (TPSA) is 205 Å². The second kappa shape index (κ2) is 33.3. The van der Waals surface area contributed by atoms with E-state index in [4.69, 9.17) is 47.0 Å². The van der Waals surface area contributed by atoms with Crippen molar-refractivity contribution >= 4 is 132 Å². The van der Waals surface area contributed by atoms with Crippen molar-refractivity contribution in [2.45, 2.75) is 75.5 Å². The first kappa shape index (κ1) is 75.1. The highest BCUT2D eigenvalue weighted by molar-refractivity contribution is 9.13. The number of ether oxygens (including phenoxy) is 6. The standard InChI is InChI=1S/C15H20N2OSi.C12H11BrN2O.2C12H12N2O.C10H11BrN2O.C5H3Br2N.C5H9NO.C5H10Si.ClH/c1-19(2,3)8-6-11-5-4-7-16-15(11)17-14-12-9-18-10-13(12)14;13-10-4-15(11-8-5-16-6-9(8)11)12-7(10)2-1-3-14-12;1-2-8-3-5-14(12(8)13-4-1)11-9-6-15-7-10(9)11;1-2-8-4-3-5-13-12(8)14-11-9-6-15-7-10(9)11;11-8-2-1-3-12-10(8)13-9-6-4-14-5-7(6)9;6-4-2-1-3-8-5(4)7;6-5-3-1-7-2-4(3)5;1-5-6(2,3)4;/h4-5,7,12-14H,9-10H2,1-3H3,(H,16,17);1-4,8-9,11H,5-6H2;1-5,9-11H,6-7H2;1,3-5,9-11H,6-7H2,(H,13,14);1-3,6-7,9H,4-5H2,(H,12,13);1-3H;3-5H,1-2,6H2;1H,2-4H3;1H/t12-,13+,14?;8-,9+,11?;2*9-,10+,11?;6-,7+,9?;;3-,4+,5?;;. The molecule has 6 aliphatic heterocycles. The molecule has 5 N–H and O–H groups in total. The number of aromatic nitrogens is 8. The molecule has 6 aliphatic carbocycles. The third-order valence-corrected chi connectivity index (χ3v) is 25.3. The molecule has 0 bridgehead atoms. The first-order chi connectivity index (χ1) is 48.4. The zero-order chi connectivity index (χ0) is 69.8. The third-order valence-electron chi connectivity index (χ3n) is 20.5. The van der Waals surface area contributed by atoms with Crippen molar-refractivity contribution in [1.29, 1.82) is 0 Å². The lowest BCUT2D eigenvalue weighted by atomic mass is 10.2. The minimum Gasteiger partial charge on any atom is -0.381 e. The van der Waals surface area contributed by atoms with Gasteiger partial charge in [-0.25, -0.2) is 29.9 Å². The van der Waals surface area contributed by atoms with Crippen LogP contribution < -0.4 is 21.7 Å². The molecule has 0 amide bonds. The van der Waals surface area contributed by atoms with E-state index in [0.717, 1.165) is 161 Å². The summed E-state index contributed by atoms with van der Waals surface area (Å²) >= 11 is 13.6. The van der Waals surface area contributed by atoms with Crippen LogP contribution in [0.4, 0.5) is 17.5 Å². The largest absolute Gasteiger partial charge is 0.381 e. The molecule has 532 valence electrons. The average molecular weight is 1680 g/mol. The molecule has 12 aliphatic rings. The van der Waals surface area contributed by atoms with Gasteiger partial charge in [0, 0.05) is 172 Å². The van der Waals surface area contributed by atoms with Crippen LogP contribution in [0, 0.1) is 107 Å². The van der Waals surface area contributed by atoms with E-state index in [2.05, 4.69) is 218 Å². The maximum absolute atomic E-state index is 5.59. The third kappa shape index (κ3) is 18.6. The van der Waals surface area contributed by atoms with Gasteiger partial charge in [-0.3, -0.25) is 0 Å². The summed E-state index contributed by atoms with van der Waals surface area (Å²) in [5.74, 6) is 17.2. The number of nitrogens with one attached hydrogen (secondary N) is 3. The van der Waals surface area contributed by atoms with Crippen LogP contribution in [-0.2, 0) is 28.4 Å². The summed E-state index contributed by atoms with van der Waals surface area (Å²) in [5, 5.41) is 12.8. The van der Waals surface area contributed by atoms with Crippen molar-refractivity contribution in [3.8, 4) is 35.8 Å². The summed E-state index contributed by atoms with van der Waals surface area (Å²) in [6.07, 6.45) is 25.7. The molecular weight excluding hydrogens is 1590 g/mol. The first-order valence-electron chi connectivity index (χ1n) is 34.7. The highest BCUT2D eigenvalue weighted by atomic mass is 79.9. The van der Waals surface area contributed by atoms with Crippen molar-refractivity contribution in [2.24, 2.45) is 76.7 Å². The molecule has 14 heterocycles. The number of terminal acetylenes is 2. The SMILES string of the molecule is Brc1cccnc1Br.Brc1cccnc1NC1[C@H]2COC[C@@H]12.Brc1cn(C2[C@H]3COC[C@@H]23)c2ncccc12.C#C[Si](C)(C)C.C#Cc1cccnc1NC1[C@H]2COC[C@@H]12.C[Si](C)(C)C#Cc1cccnc1NC1[C@H]2COC[C@@H]12.Cl.NC1[C@H]2COC[C@@H]12.c1cnc2c(c1)ccn2C1[C@H]2COC[C@@H]12. The average Bonchev–Trinajstić information content (AvgIpc) is 1.57.